The fourth-order valence-corrected chi connectivity index (χ4v) is 1.87. The van der Waals surface area contributed by atoms with E-state index in [9.17, 15) is 14.4 Å². The van der Waals surface area contributed by atoms with Crippen molar-refractivity contribution in [3.63, 3.8) is 0 Å². The number of carbonyl (C=O) groups excluding carboxylic acids is 1. The number of hydrogen-bond acceptors (Lipinski definition) is 4. The molecule has 1 amide bonds. The van der Waals surface area contributed by atoms with Gasteiger partial charge >= 0.3 is 11.9 Å². The van der Waals surface area contributed by atoms with E-state index >= 15 is 0 Å². The molecule has 92 valence electrons. The van der Waals surface area contributed by atoms with Gasteiger partial charge in [-0.2, -0.15) is 11.3 Å². The third-order valence-electron chi connectivity index (χ3n) is 1.96. The summed E-state index contributed by atoms with van der Waals surface area (Å²) < 4.78 is 0. The Bertz CT molecular complexity index is 414. The lowest BCUT2D eigenvalue weighted by Gasteiger charge is -2.11. The summed E-state index contributed by atoms with van der Waals surface area (Å²) >= 11 is 1.43. The summed E-state index contributed by atoms with van der Waals surface area (Å²) in [5.74, 6) is -3.13. The molecule has 3 N–H and O–H groups in total. The van der Waals surface area contributed by atoms with Gasteiger partial charge in [0.1, 0.15) is 6.04 Å². The van der Waals surface area contributed by atoms with Crippen LogP contribution in [0.25, 0.3) is 0 Å². The van der Waals surface area contributed by atoms with Crippen molar-refractivity contribution < 1.29 is 24.6 Å². The van der Waals surface area contributed by atoms with Gasteiger partial charge in [0, 0.05) is 0 Å². The summed E-state index contributed by atoms with van der Waals surface area (Å²) in [6.45, 7) is 0. The van der Waals surface area contributed by atoms with E-state index in [2.05, 4.69) is 5.32 Å². The zero-order chi connectivity index (χ0) is 12.8. The van der Waals surface area contributed by atoms with E-state index in [0.29, 0.717) is 0 Å². The van der Waals surface area contributed by atoms with Crippen molar-refractivity contribution in [2.45, 2.75) is 18.9 Å². The van der Waals surface area contributed by atoms with Crippen molar-refractivity contribution >= 4 is 29.2 Å². The van der Waals surface area contributed by atoms with Crippen LogP contribution < -0.4 is 5.32 Å². The maximum absolute atomic E-state index is 11.4. The Balaban J connectivity index is 2.52. The molecule has 1 aromatic rings. The standard InChI is InChI=1S/C10H11NO5S/c12-8(3-6-1-2-17-5-6)11-7(10(15)16)4-9(13)14/h1-2,5,7H,3-4H2,(H,11,12)(H,13,14)(H,15,16). The van der Waals surface area contributed by atoms with Crippen molar-refractivity contribution in [1.82, 2.24) is 5.32 Å². The Morgan fingerprint density at radius 2 is 2.06 bits per heavy atom. The number of amides is 1. The minimum atomic E-state index is -1.39. The molecule has 1 aromatic heterocycles. The van der Waals surface area contributed by atoms with Crippen molar-refractivity contribution in [2.24, 2.45) is 0 Å². The van der Waals surface area contributed by atoms with Crippen molar-refractivity contribution in [1.29, 1.82) is 0 Å². The van der Waals surface area contributed by atoms with Gasteiger partial charge in [-0.1, -0.05) is 0 Å². The van der Waals surface area contributed by atoms with Crippen LogP contribution in [0.5, 0.6) is 0 Å². The van der Waals surface area contributed by atoms with Gasteiger partial charge in [0.05, 0.1) is 12.8 Å². The average molecular weight is 257 g/mol. The molecule has 0 spiro atoms. The lowest BCUT2D eigenvalue weighted by Crippen LogP contribution is -2.42. The van der Waals surface area contributed by atoms with Crippen LogP contribution >= 0.6 is 11.3 Å². The number of aliphatic carboxylic acids is 2. The molecule has 7 heteroatoms. The number of carboxylic acids is 2. The number of thiophene rings is 1. The zero-order valence-electron chi connectivity index (χ0n) is 8.75. The van der Waals surface area contributed by atoms with Gasteiger partial charge < -0.3 is 15.5 Å². The molecule has 0 aliphatic heterocycles. The van der Waals surface area contributed by atoms with Gasteiger partial charge in [-0.25, -0.2) is 4.79 Å². The number of hydrogen-bond donors (Lipinski definition) is 3. The Hall–Kier alpha value is -1.89. The predicted molar refractivity (Wildman–Crippen MR) is 59.8 cm³/mol. The quantitative estimate of drug-likeness (QED) is 0.681. The van der Waals surface area contributed by atoms with Crippen LogP contribution in [0.1, 0.15) is 12.0 Å². The van der Waals surface area contributed by atoms with Crippen LogP contribution in [0.4, 0.5) is 0 Å². The van der Waals surface area contributed by atoms with Gasteiger partial charge in [-0.3, -0.25) is 9.59 Å². The highest BCUT2D eigenvalue weighted by atomic mass is 32.1. The molecule has 0 fully saturated rings. The van der Waals surface area contributed by atoms with Gasteiger partial charge in [-0.15, -0.1) is 0 Å². The summed E-state index contributed by atoms with van der Waals surface area (Å²) in [4.78, 5) is 32.5. The van der Waals surface area contributed by atoms with Crippen molar-refractivity contribution in [2.75, 3.05) is 0 Å². The molecule has 1 rings (SSSR count). The number of carbonyl (C=O) groups is 3. The molecule has 0 aliphatic carbocycles. The Morgan fingerprint density at radius 1 is 1.35 bits per heavy atom. The summed E-state index contributed by atoms with van der Waals surface area (Å²) in [7, 11) is 0. The molecule has 1 unspecified atom stereocenters. The SMILES string of the molecule is O=C(O)CC(NC(=O)Cc1ccsc1)C(=O)O. The first-order chi connectivity index (χ1) is 7.99. The van der Waals surface area contributed by atoms with Crippen LogP contribution in [-0.4, -0.2) is 34.1 Å². The summed E-state index contributed by atoms with van der Waals surface area (Å²) in [5, 5.41) is 23.0. The molecule has 1 atom stereocenters. The Kier molecular flexibility index (Phi) is 4.65. The molecule has 17 heavy (non-hydrogen) atoms. The Morgan fingerprint density at radius 3 is 2.53 bits per heavy atom. The number of rotatable bonds is 6. The number of carboxylic acid groups (broad SMARTS) is 2. The lowest BCUT2D eigenvalue weighted by atomic mass is 10.2. The highest BCUT2D eigenvalue weighted by molar-refractivity contribution is 7.07. The molecular weight excluding hydrogens is 246 g/mol. The maximum atomic E-state index is 11.4. The average Bonchev–Trinajstić information content (AvgIpc) is 2.68. The molecule has 6 nitrogen and oxygen atoms in total. The van der Waals surface area contributed by atoms with E-state index in [1.807, 2.05) is 0 Å². The zero-order valence-corrected chi connectivity index (χ0v) is 9.57. The first-order valence-electron chi connectivity index (χ1n) is 4.74. The van der Waals surface area contributed by atoms with Gasteiger partial charge in [0.15, 0.2) is 0 Å². The summed E-state index contributed by atoms with van der Waals surface area (Å²) in [6, 6.07) is 0.357. The van der Waals surface area contributed by atoms with Gasteiger partial charge in [0.25, 0.3) is 0 Å². The first-order valence-corrected chi connectivity index (χ1v) is 5.68. The molecule has 0 aliphatic rings. The smallest absolute Gasteiger partial charge is 0.326 e. The Labute approximate surface area is 101 Å². The summed E-state index contributed by atoms with van der Waals surface area (Å²) in [6.07, 6.45) is -0.586. The largest absolute Gasteiger partial charge is 0.481 e. The molecule has 0 saturated carbocycles. The second-order valence-electron chi connectivity index (χ2n) is 3.36. The minimum Gasteiger partial charge on any atom is -0.481 e. The molecule has 1 heterocycles. The van der Waals surface area contributed by atoms with E-state index in [1.54, 1.807) is 16.8 Å². The maximum Gasteiger partial charge on any atom is 0.326 e. The third-order valence-corrected chi connectivity index (χ3v) is 2.69. The highest BCUT2D eigenvalue weighted by Crippen LogP contribution is 2.06. The van der Waals surface area contributed by atoms with E-state index in [0.717, 1.165) is 5.56 Å². The monoisotopic (exact) mass is 257 g/mol. The minimum absolute atomic E-state index is 0.0485. The second kappa shape index (κ2) is 6.00. The molecule has 0 saturated heterocycles. The molecule has 0 bridgehead atoms. The van der Waals surface area contributed by atoms with Crippen LogP contribution in [-0.2, 0) is 20.8 Å². The molecular formula is C10H11NO5S. The van der Waals surface area contributed by atoms with Crippen molar-refractivity contribution in [3.05, 3.63) is 22.4 Å². The van der Waals surface area contributed by atoms with Crippen LogP contribution in [0.15, 0.2) is 16.8 Å². The summed E-state index contributed by atoms with van der Waals surface area (Å²) in [5.41, 5.74) is 0.770. The highest BCUT2D eigenvalue weighted by Gasteiger charge is 2.22. The molecule has 0 aromatic carbocycles. The topological polar surface area (TPSA) is 104 Å². The van der Waals surface area contributed by atoms with E-state index in [-0.39, 0.29) is 6.42 Å². The molecule has 0 radical (unpaired) electrons. The lowest BCUT2D eigenvalue weighted by molar-refractivity contribution is -0.147. The van der Waals surface area contributed by atoms with Crippen LogP contribution in [0.2, 0.25) is 0 Å². The fraction of sp³-hybridized carbons (Fsp3) is 0.300. The van der Waals surface area contributed by atoms with Gasteiger partial charge in [-0.05, 0) is 22.4 Å². The van der Waals surface area contributed by atoms with E-state index in [1.165, 1.54) is 11.3 Å². The van der Waals surface area contributed by atoms with E-state index in [4.69, 9.17) is 10.2 Å². The van der Waals surface area contributed by atoms with Crippen LogP contribution in [0.3, 0.4) is 0 Å². The van der Waals surface area contributed by atoms with E-state index < -0.39 is 30.3 Å². The van der Waals surface area contributed by atoms with Crippen LogP contribution in [0, 0.1) is 0 Å². The first kappa shape index (κ1) is 13.2. The fourth-order valence-electron chi connectivity index (χ4n) is 1.20. The van der Waals surface area contributed by atoms with Gasteiger partial charge in [0.2, 0.25) is 5.91 Å². The number of nitrogens with one attached hydrogen (secondary N) is 1. The second-order valence-corrected chi connectivity index (χ2v) is 4.14. The normalized spacial score (nSPS) is 11.8. The van der Waals surface area contributed by atoms with Crippen molar-refractivity contribution in [3.8, 4) is 0 Å². The predicted octanol–water partition coefficient (Wildman–Crippen LogP) is 0.335. The third kappa shape index (κ3) is 4.64.